The van der Waals surface area contributed by atoms with E-state index in [0.717, 1.165) is 94.4 Å². The molecule has 63 heavy (non-hydrogen) atoms. The Labute approximate surface area is 365 Å². The lowest BCUT2D eigenvalue weighted by atomic mass is 9.92. The van der Waals surface area contributed by atoms with Crippen LogP contribution in [-0.2, 0) is 0 Å². The third-order valence-corrected chi connectivity index (χ3v) is 12.5. The van der Waals surface area contributed by atoms with Gasteiger partial charge in [0.15, 0.2) is 0 Å². The van der Waals surface area contributed by atoms with E-state index in [9.17, 15) is 0 Å². The Morgan fingerprint density at radius 2 is 0.984 bits per heavy atom. The van der Waals surface area contributed by atoms with E-state index in [1.165, 1.54) is 21.8 Å². The molecule has 0 bridgehead atoms. The third-order valence-electron chi connectivity index (χ3n) is 12.5. The Kier molecular flexibility index (Phi) is 8.55. The molecule has 2 aromatic heterocycles. The molecule has 0 radical (unpaired) electrons. The van der Waals surface area contributed by atoms with Crippen LogP contribution in [0.4, 0.5) is 17.1 Å². The van der Waals surface area contributed by atoms with Crippen molar-refractivity contribution in [2.45, 2.75) is 0 Å². The summed E-state index contributed by atoms with van der Waals surface area (Å²) in [6.07, 6.45) is 6.54. The lowest BCUT2D eigenvalue weighted by molar-refractivity contribution is 0.670. The molecule has 0 aliphatic heterocycles. The molecule has 3 heteroatoms. The van der Waals surface area contributed by atoms with E-state index in [-0.39, 0.29) is 0 Å². The summed E-state index contributed by atoms with van der Waals surface area (Å²) in [5.41, 5.74) is 15.6. The maximum absolute atomic E-state index is 6.54. The van der Waals surface area contributed by atoms with Crippen molar-refractivity contribution in [2.24, 2.45) is 0 Å². The van der Waals surface area contributed by atoms with E-state index < -0.39 is 0 Å². The highest BCUT2D eigenvalue weighted by Crippen LogP contribution is 2.45. The zero-order valence-electron chi connectivity index (χ0n) is 34.2. The summed E-state index contributed by atoms with van der Waals surface area (Å²) in [6, 6.07) is 79.6. The minimum Gasteiger partial charge on any atom is -0.455 e. The minimum absolute atomic E-state index is 0.794. The molecule has 0 amide bonds. The molecule has 0 spiro atoms. The van der Waals surface area contributed by atoms with Crippen molar-refractivity contribution in [1.29, 1.82) is 0 Å². The van der Waals surface area contributed by atoms with Crippen LogP contribution < -0.4 is 4.90 Å². The van der Waals surface area contributed by atoms with Crippen LogP contribution in [0.1, 0.15) is 5.56 Å². The second-order valence-corrected chi connectivity index (χ2v) is 16.0. The normalized spacial score (nSPS) is 11.5. The third kappa shape index (κ3) is 5.92. The van der Waals surface area contributed by atoms with Crippen molar-refractivity contribution >= 4 is 71.6 Å². The number of benzene rings is 10. The predicted octanol–water partition coefficient (Wildman–Crippen LogP) is 16.3. The van der Waals surface area contributed by atoms with Gasteiger partial charge in [0.1, 0.15) is 11.2 Å². The smallest absolute Gasteiger partial charge is 0.143 e. The Morgan fingerprint density at radius 3 is 1.76 bits per heavy atom. The lowest BCUT2D eigenvalue weighted by Crippen LogP contribution is -2.12. The Balaban J connectivity index is 0.997. The van der Waals surface area contributed by atoms with Gasteiger partial charge >= 0.3 is 0 Å². The van der Waals surface area contributed by atoms with E-state index in [1.54, 1.807) is 0 Å². The molecule has 0 N–H and O–H groups in total. The van der Waals surface area contributed by atoms with E-state index in [2.05, 4.69) is 228 Å². The summed E-state index contributed by atoms with van der Waals surface area (Å²) in [7, 11) is 0. The quantitative estimate of drug-likeness (QED) is 0.150. The summed E-state index contributed by atoms with van der Waals surface area (Å²) in [6.45, 7) is 0. The van der Waals surface area contributed by atoms with E-state index in [4.69, 9.17) is 10.8 Å². The molecule has 0 fully saturated rings. The number of nitrogens with zero attached hydrogens (tertiary/aromatic N) is 2. The van der Waals surface area contributed by atoms with E-state index in [0.29, 0.717) is 0 Å². The van der Waals surface area contributed by atoms with Crippen molar-refractivity contribution < 1.29 is 4.42 Å². The van der Waals surface area contributed by atoms with Crippen LogP contribution in [0.25, 0.3) is 93.6 Å². The van der Waals surface area contributed by atoms with Gasteiger partial charge in [-0.2, -0.15) is 0 Å². The minimum atomic E-state index is 0.794. The molecule has 0 unspecified atom stereocenters. The van der Waals surface area contributed by atoms with E-state index in [1.807, 2.05) is 12.1 Å². The monoisotopic (exact) mass is 802 g/mol. The van der Waals surface area contributed by atoms with Gasteiger partial charge in [0.25, 0.3) is 0 Å². The molecule has 0 saturated carbocycles. The van der Waals surface area contributed by atoms with Crippen LogP contribution in [0.15, 0.2) is 229 Å². The number of fused-ring (bicyclic) bond motifs is 7. The van der Waals surface area contributed by atoms with Gasteiger partial charge in [-0.15, -0.1) is 6.42 Å². The number of anilines is 3. The molecule has 0 saturated heterocycles. The van der Waals surface area contributed by atoms with Gasteiger partial charge in [0, 0.05) is 49.3 Å². The Hall–Kier alpha value is -8.58. The fourth-order valence-electron chi connectivity index (χ4n) is 9.64. The Bertz CT molecular complexity index is 3710. The van der Waals surface area contributed by atoms with E-state index >= 15 is 0 Å². The van der Waals surface area contributed by atoms with Crippen LogP contribution in [0.3, 0.4) is 0 Å². The standard InChI is InChI=1S/C60H38N2O/c1-2-40-39-43(45-19-5-6-21-48(45)49-22-7-11-28-56(49)62-57-29-12-8-23-50(57)51-24-9-13-30-58(51)62)35-38-54(40)61(55-31-15-18-41-17-3-4-20-46(41)55)44-36-33-42(34-37-44)47-26-16-27-53-52-25-10-14-32-59(52)63-60(47)53/h1,3-39H. The first-order chi connectivity index (χ1) is 31.2. The maximum Gasteiger partial charge on any atom is 0.143 e. The van der Waals surface area contributed by atoms with Gasteiger partial charge in [-0.05, 0) is 82.2 Å². The molecular formula is C60H38N2O. The van der Waals surface area contributed by atoms with Crippen LogP contribution in [-0.4, -0.2) is 4.57 Å². The Morgan fingerprint density at radius 1 is 0.413 bits per heavy atom. The SMILES string of the molecule is C#Cc1cc(-c2ccccc2-c2ccccc2-n2c3ccccc3c3ccccc32)ccc1N(c1ccc(-c2cccc3c2oc2ccccc23)cc1)c1cccc2ccccc12. The zero-order chi connectivity index (χ0) is 41.9. The maximum atomic E-state index is 6.54. The summed E-state index contributed by atoms with van der Waals surface area (Å²) in [5.74, 6) is 3.12. The molecule has 10 aromatic carbocycles. The number of rotatable bonds is 7. The molecule has 294 valence electrons. The van der Waals surface area contributed by atoms with Crippen LogP contribution in [0, 0.1) is 12.3 Å². The number of hydrogen-bond donors (Lipinski definition) is 0. The summed E-state index contributed by atoms with van der Waals surface area (Å²) in [4.78, 5) is 2.30. The number of furan rings is 1. The largest absolute Gasteiger partial charge is 0.455 e. The highest BCUT2D eigenvalue weighted by atomic mass is 16.3. The average molecular weight is 803 g/mol. The van der Waals surface area contributed by atoms with Crippen molar-refractivity contribution in [2.75, 3.05) is 4.90 Å². The predicted molar refractivity (Wildman–Crippen MR) is 264 cm³/mol. The first-order valence-corrected chi connectivity index (χ1v) is 21.3. The number of aromatic nitrogens is 1. The van der Waals surface area contributed by atoms with Gasteiger partial charge in [-0.3, -0.25) is 0 Å². The van der Waals surface area contributed by atoms with Crippen molar-refractivity contribution in [3.05, 3.63) is 230 Å². The van der Waals surface area contributed by atoms with Crippen molar-refractivity contribution in [3.63, 3.8) is 0 Å². The lowest BCUT2D eigenvalue weighted by Gasteiger charge is -2.28. The van der Waals surface area contributed by atoms with Gasteiger partial charge in [-0.1, -0.05) is 176 Å². The van der Waals surface area contributed by atoms with Gasteiger partial charge in [0.05, 0.1) is 28.1 Å². The van der Waals surface area contributed by atoms with Crippen LogP contribution in [0.2, 0.25) is 0 Å². The highest BCUT2D eigenvalue weighted by Gasteiger charge is 2.22. The van der Waals surface area contributed by atoms with Crippen LogP contribution in [0.5, 0.6) is 0 Å². The fourth-order valence-corrected chi connectivity index (χ4v) is 9.64. The molecule has 12 aromatic rings. The fraction of sp³-hybridized carbons (Fsp3) is 0. The molecule has 0 atom stereocenters. The molecule has 12 rings (SSSR count). The summed E-state index contributed by atoms with van der Waals surface area (Å²) in [5, 5.41) is 6.99. The summed E-state index contributed by atoms with van der Waals surface area (Å²) < 4.78 is 8.84. The first-order valence-electron chi connectivity index (χ1n) is 21.3. The topological polar surface area (TPSA) is 21.3 Å². The van der Waals surface area contributed by atoms with Crippen molar-refractivity contribution in [3.8, 4) is 51.4 Å². The number of terminal acetylenes is 1. The zero-order valence-corrected chi connectivity index (χ0v) is 34.2. The number of para-hydroxylation sites is 5. The van der Waals surface area contributed by atoms with Crippen LogP contribution >= 0.6 is 0 Å². The first kappa shape index (κ1) is 36.3. The molecule has 0 aliphatic carbocycles. The van der Waals surface area contributed by atoms with Gasteiger partial charge in [0.2, 0.25) is 0 Å². The number of hydrogen-bond acceptors (Lipinski definition) is 2. The molecule has 3 nitrogen and oxygen atoms in total. The molecule has 2 heterocycles. The molecule has 0 aliphatic rings. The molecular weight excluding hydrogens is 765 g/mol. The average Bonchev–Trinajstić information content (AvgIpc) is 3.91. The second kappa shape index (κ2) is 14.9. The van der Waals surface area contributed by atoms with Gasteiger partial charge in [-0.25, -0.2) is 0 Å². The highest BCUT2D eigenvalue weighted by molar-refractivity contribution is 6.11. The van der Waals surface area contributed by atoms with Crippen molar-refractivity contribution in [1.82, 2.24) is 4.57 Å². The summed E-state index contributed by atoms with van der Waals surface area (Å²) >= 11 is 0. The van der Waals surface area contributed by atoms with Gasteiger partial charge < -0.3 is 13.9 Å². The second-order valence-electron chi connectivity index (χ2n) is 16.0.